The molecule has 7 nitrogen and oxygen atoms in total. The van der Waals surface area contributed by atoms with Gasteiger partial charge in [0.1, 0.15) is 5.69 Å². The van der Waals surface area contributed by atoms with E-state index in [0.717, 1.165) is 44.8 Å². The van der Waals surface area contributed by atoms with E-state index in [1.165, 1.54) is 0 Å². The molecule has 0 saturated carbocycles. The van der Waals surface area contributed by atoms with Crippen LogP contribution in [0.4, 0.5) is 0 Å². The SMILES string of the molecule is Cc1cc(-c2nn(C)cc2-c2cc(C)nc3[nH]ncc23)cnn1. The first-order valence-corrected chi connectivity index (χ1v) is 7.26. The van der Waals surface area contributed by atoms with Crippen molar-refractivity contribution in [3.63, 3.8) is 0 Å². The van der Waals surface area contributed by atoms with Gasteiger partial charge in [-0.3, -0.25) is 9.78 Å². The number of fused-ring (bicyclic) bond motifs is 1. The van der Waals surface area contributed by atoms with Crippen molar-refractivity contribution in [1.29, 1.82) is 0 Å². The molecule has 0 aromatic carbocycles. The fourth-order valence-corrected chi connectivity index (χ4v) is 2.78. The summed E-state index contributed by atoms with van der Waals surface area (Å²) in [4.78, 5) is 4.48. The lowest BCUT2D eigenvalue weighted by molar-refractivity contribution is 0.770. The fourth-order valence-electron chi connectivity index (χ4n) is 2.78. The van der Waals surface area contributed by atoms with Gasteiger partial charge in [0, 0.05) is 35.5 Å². The molecule has 1 N–H and O–H groups in total. The van der Waals surface area contributed by atoms with E-state index >= 15 is 0 Å². The number of hydrogen-bond donors (Lipinski definition) is 1. The second-order valence-electron chi connectivity index (χ2n) is 5.59. The Kier molecular flexibility index (Phi) is 2.94. The van der Waals surface area contributed by atoms with E-state index in [-0.39, 0.29) is 0 Å². The zero-order valence-corrected chi connectivity index (χ0v) is 13.1. The van der Waals surface area contributed by atoms with Crippen LogP contribution < -0.4 is 0 Å². The number of nitrogens with zero attached hydrogens (tertiary/aromatic N) is 6. The summed E-state index contributed by atoms with van der Waals surface area (Å²) in [5.41, 5.74) is 6.46. The minimum absolute atomic E-state index is 0.777. The summed E-state index contributed by atoms with van der Waals surface area (Å²) in [6.45, 7) is 3.89. The van der Waals surface area contributed by atoms with Crippen LogP contribution >= 0.6 is 0 Å². The van der Waals surface area contributed by atoms with Gasteiger partial charge in [-0.05, 0) is 31.5 Å². The van der Waals surface area contributed by atoms with Crippen LogP contribution in [0, 0.1) is 13.8 Å². The van der Waals surface area contributed by atoms with E-state index in [1.807, 2.05) is 37.8 Å². The monoisotopic (exact) mass is 305 g/mol. The smallest absolute Gasteiger partial charge is 0.155 e. The predicted molar refractivity (Wildman–Crippen MR) is 86.6 cm³/mol. The van der Waals surface area contributed by atoms with Crippen LogP contribution in [0.3, 0.4) is 0 Å². The van der Waals surface area contributed by atoms with Gasteiger partial charge in [0.15, 0.2) is 5.65 Å². The van der Waals surface area contributed by atoms with Gasteiger partial charge in [0.25, 0.3) is 0 Å². The lowest BCUT2D eigenvalue weighted by Crippen LogP contribution is -1.92. The van der Waals surface area contributed by atoms with Gasteiger partial charge in [-0.25, -0.2) is 4.98 Å². The number of hydrogen-bond acceptors (Lipinski definition) is 5. The Hall–Kier alpha value is -3.09. The van der Waals surface area contributed by atoms with E-state index in [2.05, 4.69) is 36.5 Å². The van der Waals surface area contributed by atoms with Crippen molar-refractivity contribution in [1.82, 2.24) is 35.2 Å². The highest BCUT2D eigenvalue weighted by atomic mass is 15.3. The fraction of sp³-hybridized carbons (Fsp3) is 0.188. The minimum Gasteiger partial charge on any atom is -0.275 e. The van der Waals surface area contributed by atoms with E-state index < -0.39 is 0 Å². The zero-order valence-electron chi connectivity index (χ0n) is 13.1. The van der Waals surface area contributed by atoms with Crippen LogP contribution in [-0.4, -0.2) is 35.2 Å². The maximum Gasteiger partial charge on any atom is 0.155 e. The molecule has 23 heavy (non-hydrogen) atoms. The molecule has 0 saturated heterocycles. The van der Waals surface area contributed by atoms with E-state index in [9.17, 15) is 0 Å². The molecule has 0 aliphatic rings. The van der Waals surface area contributed by atoms with Crippen molar-refractivity contribution < 1.29 is 0 Å². The Morgan fingerprint density at radius 2 is 1.91 bits per heavy atom. The molecule has 4 rings (SSSR count). The first-order chi connectivity index (χ1) is 11.1. The van der Waals surface area contributed by atoms with Crippen LogP contribution in [-0.2, 0) is 7.05 Å². The third-order valence-corrected chi connectivity index (χ3v) is 3.72. The molecule has 4 heterocycles. The average molecular weight is 305 g/mol. The molecule has 114 valence electrons. The normalized spacial score (nSPS) is 11.3. The molecular weight excluding hydrogens is 290 g/mol. The molecule has 0 amide bonds. The molecule has 0 spiro atoms. The molecule has 0 fully saturated rings. The number of H-pyrrole nitrogens is 1. The summed E-state index contributed by atoms with van der Waals surface area (Å²) < 4.78 is 1.81. The molecule has 4 aromatic rings. The van der Waals surface area contributed by atoms with Crippen molar-refractivity contribution in [2.75, 3.05) is 0 Å². The average Bonchev–Trinajstić information content (AvgIpc) is 3.12. The standard InChI is InChI=1S/C16H15N7/c1-9-5-12(13-7-18-21-16(13)19-9)14-8-23(3)22-15(14)11-4-10(2)20-17-6-11/h4-8H,1-3H3,(H,18,19,21). The van der Waals surface area contributed by atoms with Crippen LogP contribution in [0.25, 0.3) is 33.4 Å². The Labute approximate surface area is 132 Å². The summed E-state index contributed by atoms with van der Waals surface area (Å²) in [5, 5.41) is 20.7. The van der Waals surface area contributed by atoms with Crippen molar-refractivity contribution in [2.45, 2.75) is 13.8 Å². The number of aromatic amines is 1. The summed E-state index contributed by atoms with van der Waals surface area (Å²) >= 11 is 0. The molecule has 0 aliphatic carbocycles. The lowest BCUT2D eigenvalue weighted by atomic mass is 10.0. The predicted octanol–water partition coefficient (Wildman–Crippen LogP) is 2.43. The van der Waals surface area contributed by atoms with Gasteiger partial charge in [-0.1, -0.05) is 0 Å². The lowest BCUT2D eigenvalue weighted by Gasteiger charge is -2.05. The molecule has 7 heteroatoms. The number of aryl methyl sites for hydroxylation is 3. The molecule has 0 atom stereocenters. The van der Waals surface area contributed by atoms with Crippen molar-refractivity contribution >= 4 is 11.0 Å². The quantitative estimate of drug-likeness (QED) is 0.615. The van der Waals surface area contributed by atoms with E-state index in [1.54, 1.807) is 12.4 Å². The topological polar surface area (TPSA) is 85.2 Å². The number of aromatic nitrogens is 7. The maximum absolute atomic E-state index is 4.62. The van der Waals surface area contributed by atoms with Crippen LogP contribution in [0.1, 0.15) is 11.4 Å². The molecule has 0 bridgehead atoms. The molecule has 0 aliphatic heterocycles. The van der Waals surface area contributed by atoms with Crippen molar-refractivity contribution in [3.8, 4) is 22.4 Å². The molecule has 4 aromatic heterocycles. The molecular formula is C16H15N7. The third-order valence-electron chi connectivity index (χ3n) is 3.72. The van der Waals surface area contributed by atoms with Gasteiger partial charge < -0.3 is 0 Å². The summed E-state index contributed by atoms with van der Waals surface area (Å²) in [6, 6.07) is 4.04. The van der Waals surface area contributed by atoms with Gasteiger partial charge in [-0.15, -0.1) is 0 Å². The molecule has 0 radical (unpaired) electrons. The Balaban J connectivity index is 2.01. The summed E-state index contributed by atoms with van der Waals surface area (Å²) in [6.07, 6.45) is 5.54. The van der Waals surface area contributed by atoms with Gasteiger partial charge in [0.05, 0.1) is 18.1 Å². The number of nitrogens with one attached hydrogen (secondary N) is 1. The Morgan fingerprint density at radius 1 is 1.04 bits per heavy atom. The van der Waals surface area contributed by atoms with Crippen molar-refractivity contribution in [3.05, 3.63) is 42.1 Å². The van der Waals surface area contributed by atoms with E-state index in [4.69, 9.17) is 0 Å². The summed E-state index contributed by atoms with van der Waals surface area (Å²) in [5.74, 6) is 0. The Morgan fingerprint density at radius 3 is 2.74 bits per heavy atom. The van der Waals surface area contributed by atoms with Gasteiger partial charge in [-0.2, -0.15) is 20.4 Å². The second-order valence-corrected chi connectivity index (χ2v) is 5.59. The Bertz CT molecular complexity index is 1010. The minimum atomic E-state index is 0.777. The van der Waals surface area contributed by atoms with Gasteiger partial charge in [0.2, 0.25) is 0 Å². The van der Waals surface area contributed by atoms with Crippen LogP contribution in [0.15, 0.2) is 30.7 Å². The zero-order chi connectivity index (χ0) is 16.0. The van der Waals surface area contributed by atoms with Crippen molar-refractivity contribution in [2.24, 2.45) is 7.05 Å². The first kappa shape index (κ1) is 13.6. The largest absolute Gasteiger partial charge is 0.275 e. The van der Waals surface area contributed by atoms with E-state index in [0.29, 0.717) is 0 Å². The highest BCUT2D eigenvalue weighted by Crippen LogP contribution is 2.34. The van der Waals surface area contributed by atoms with Gasteiger partial charge >= 0.3 is 0 Å². The highest BCUT2D eigenvalue weighted by molar-refractivity contribution is 5.96. The number of rotatable bonds is 2. The highest BCUT2D eigenvalue weighted by Gasteiger charge is 2.17. The maximum atomic E-state index is 4.62. The van der Waals surface area contributed by atoms with Crippen LogP contribution in [0.2, 0.25) is 0 Å². The summed E-state index contributed by atoms with van der Waals surface area (Å²) in [7, 11) is 1.91. The first-order valence-electron chi connectivity index (χ1n) is 7.26. The third kappa shape index (κ3) is 2.26. The number of pyridine rings is 1. The second kappa shape index (κ2) is 4.98. The van der Waals surface area contributed by atoms with Crippen LogP contribution in [0.5, 0.6) is 0 Å². The molecule has 0 unspecified atom stereocenters.